The summed E-state index contributed by atoms with van der Waals surface area (Å²) in [6.07, 6.45) is 1.59. The number of aliphatic hydroxyl groups is 1. The Morgan fingerprint density at radius 2 is 1.80 bits per heavy atom. The number of fused-ring (bicyclic) bond motifs is 1. The van der Waals surface area contributed by atoms with E-state index in [0.29, 0.717) is 16.3 Å². The first kappa shape index (κ1) is 20.8. The van der Waals surface area contributed by atoms with Crippen molar-refractivity contribution in [3.8, 4) is 5.88 Å². The molecule has 7 nitrogen and oxygen atoms in total. The van der Waals surface area contributed by atoms with Crippen molar-refractivity contribution in [3.05, 3.63) is 62.0 Å². The van der Waals surface area contributed by atoms with Crippen molar-refractivity contribution in [2.24, 2.45) is 4.99 Å². The van der Waals surface area contributed by atoms with Crippen LogP contribution in [-0.2, 0) is 0 Å². The third-order valence-electron chi connectivity index (χ3n) is 5.35. The lowest BCUT2D eigenvalue weighted by Crippen LogP contribution is -2.47. The minimum atomic E-state index is -0.320. The molecule has 3 N–H and O–H groups in total. The van der Waals surface area contributed by atoms with Gasteiger partial charge < -0.3 is 15.1 Å². The Balaban J connectivity index is 1.53. The molecule has 0 atom stereocenters. The Morgan fingerprint density at radius 3 is 2.50 bits per heavy atom. The van der Waals surface area contributed by atoms with Gasteiger partial charge in [-0.15, -0.1) is 0 Å². The Labute approximate surface area is 187 Å². The molecule has 2 heterocycles. The minimum Gasteiger partial charge on any atom is -0.494 e. The number of pyridine rings is 1. The smallest absolute Gasteiger partial charge is 0.258 e. The fraction of sp³-hybridized carbons (Fsp3) is 0.273. The predicted octanol–water partition coefficient (Wildman–Crippen LogP) is 2.70. The lowest BCUT2D eigenvalue weighted by molar-refractivity contribution is 0.189. The van der Waals surface area contributed by atoms with Crippen molar-refractivity contribution in [1.82, 2.24) is 9.88 Å². The largest absolute Gasteiger partial charge is 0.494 e. The quantitative estimate of drug-likeness (QED) is 0.357. The molecule has 1 saturated heterocycles. The highest BCUT2D eigenvalue weighted by molar-refractivity contribution is 14.1. The highest BCUT2D eigenvalue weighted by atomic mass is 127. The second kappa shape index (κ2) is 9.15. The van der Waals surface area contributed by atoms with E-state index in [2.05, 4.69) is 42.4 Å². The summed E-state index contributed by atoms with van der Waals surface area (Å²) in [5, 5.41) is 20.5. The SMILES string of the molecule is O=c1[nH]c(O)c(C=Nc2ccc(N3CCN(CCO)CC3)cc2)c2cc(I)ccc12. The van der Waals surface area contributed by atoms with E-state index >= 15 is 0 Å². The lowest BCUT2D eigenvalue weighted by atomic mass is 10.1. The van der Waals surface area contributed by atoms with E-state index in [1.807, 2.05) is 36.4 Å². The number of aliphatic imine (C=N–C) groups is 1. The summed E-state index contributed by atoms with van der Waals surface area (Å²) in [5.74, 6) is -0.185. The maximum absolute atomic E-state index is 12.1. The Bertz CT molecular complexity index is 1120. The topological polar surface area (TPSA) is 92.2 Å². The number of piperazine rings is 1. The standard InChI is InChI=1S/C22H23IN4O3/c23-15-1-6-18-19(13-15)20(22(30)25-21(18)29)14-24-16-2-4-17(5-3-16)27-9-7-26(8-10-27)11-12-28/h1-6,13-14,28H,7-12H2,(H2,25,29,30). The number of aromatic nitrogens is 1. The van der Waals surface area contributed by atoms with Crippen molar-refractivity contribution in [1.29, 1.82) is 0 Å². The monoisotopic (exact) mass is 518 g/mol. The fourth-order valence-electron chi connectivity index (χ4n) is 3.70. The van der Waals surface area contributed by atoms with Gasteiger partial charge >= 0.3 is 0 Å². The average molecular weight is 518 g/mol. The molecule has 1 aromatic heterocycles. The number of benzene rings is 2. The maximum atomic E-state index is 12.1. The Morgan fingerprint density at radius 1 is 1.07 bits per heavy atom. The molecule has 0 saturated carbocycles. The molecule has 1 fully saturated rings. The van der Waals surface area contributed by atoms with E-state index in [-0.39, 0.29) is 18.0 Å². The molecule has 30 heavy (non-hydrogen) atoms. The number of rotatable bonds is 5. The van der Waals surface area contributed by atoms with Crippen LogP contribution in [-0.4, -0.2) is 65.6 Å². The third-order valence-corrected chi connectivity index (χ3v) is 6.02. The molecule has 0 bridgehead atoms. The number of aromatic hydroxyl groups is 1. The van der Waals surface area contributed by atoms with Crippen LogP contribution in [0.5, 0.6) is 5.88 Å². The molecule has 0 aliphatic carbocycles. The summed E-state index contributed by atoms with van der Waals surface area (Å²) >= 11 is 2.18. The van der Waals surface area contributed by atoms with E-state index < -0.39 is 0 Å². The first-order valence-corrected chi connectivity index (χ1v) is 10.9. The van der Waals surface area contributed by atoms with Crippen LogP contribution >= 0.6 is 22.6 Å². The molecule has 1 aliphatic heterocycles. The molecule has 4 rings (SSSR count). The molecule has 0 amide bonds. The van der Waals surface area contributed by atoms with Crippen LogP contribution in [0.3, 0.4) is 0 Å². The summed E-state index contributed by atoms with van der Waals surface area (Å²) in [7, 11) is 0. The van der Waals surface area contributed by atoms with Crippen LogP contribution in [0.1, 0.15) is 5.56 Å². The highest BCUT2D eigenvalue weighted by Crippen LogP contribution is 2.25. The van der Waals surface area contributed by atoms with Gasteiger partial charge in [0.1, 0.15) is 0 Å². The van der Waals surface area contributed by atoms with E-state index in [1.54, 1.807) is 12.3 Å². The van der Waals surface area contributed by atoms with E-state index in [9.17, 15) is 9.90 Å². The van der Waals surface area contributed by atoms with Gasteiger partial charge in [0, 0.05) is 59.0 Å². The molecular weight excluding hydrogens is 495 g/mol. The number of halogens is 1. The second-order valence-corrected chi connectivity index (χ2v) is 8.48. The summed E-state index contributed by atoms with van der Waals surface area (Å²) in [4.78, 5) is 23.7. The van der Waals surface area contributed by atoms with Gasteiger partial charge in [0.25, 0.3) is 5.56 Å². The van der Waals surface area contributed by atoms with E-state index in [0.717, 1.165) is 47.7 Å². The number of aromatic amines is 1. The number of nitrogens with one attached hydrogen (secondary N) is 1. The first-order chi connectivity index (χ1) is 14.5. The number of H-pyrrole nitrogens is 1. The molecule has 0 radical (unpaired) electrons. The van der Waals surface area contributed by atoms with Crippen LogP contribution in [0.4, 0.5) is 11.4 Å². The normalized spacial score (nSPS) is 15.3. The van der Waals surface area contributed by atoms with E-state index in [1.165, 1.54) is 0 Å². The zero-order valence-electron chi connectivity index (χ0n) is 16.4. The van der Waals surface area contributed by atoms with Gasteiger partial charge in [-0.25, -0.2) is 0 Å². The lowest BCUT2D eigenvalue weighted by Gasteiger charge is -2.35. The van der Waals surface area contributed by atoms with Gasteiger partial charge in [0.05, 0.1) is 17.9 Å². The summed E-state index contributed by atoms with van der Waals surface area (Å²) in [5.41, 5.74) is 2.08. The van der Waals surface area contributed by atoms with Crippen molar-refractivity contribution >= 4 is 51.0 Å². The number of nitrogens with zero attached hydrogens (tertiary/aromatic N) is 3. The molecule has 1 aliphatic rings. The number of β-amino-alcohol motifs (C(OH)–C–C–N with tert-alkyl or cyclic N) is 1. The molecule has 156 valence electrons. The summed E-state index contributed by atoms with van der Waals surface area (Å²) in [6.45, 7) is 4.67. The van der Waals surface area contributed by atoms with E-state index in [4.69, 9.17) is 5.11 Å². The minimum absolute atomic E-state index is 0.185. The van der Waals surface area contributed by atoms with Crippen molar-refractivity contribution in [2.45, 2.75) is 0 Å². The summed E-state index contributed by atoms with van der Waals surface area (Å²) in [6, 6.07) is 13.5. The summed E-state index contributed by atoms with van der Waals surface area (Å²) < 4.78 is 0.975. The Hall–Kier alpha value is -2.43. The van der Waals surface area contributed by atoms with Gasteiger partial charge in [0.2, 0.25) is 5.88 Å². The molecule has 0 spiro atoms. The van der Waals surface area contributed by atoms with Crippen molar-refractivity contribution < 1.29 is 10.2 Å². The van der Waals surface area contributed by atoms with Crippen LogP contribution in [0, 0.1) is 3.57 Å². The zero-order valence-corrected chi connectivity index (χ0v) is 18.5. The zero-order chi connectivity index (χ0) is 21.1. The molecule has 0 unspecified atom stereocenters. The number of anilines is 1. The van der Waals surface area contributed by atoms with Crippen molar-refractivity contribution in [3.63, 3.8) is 0 Å². The molecule has 2 aromatic carbocycles. The van der Waals surface area contributed by atoms with Crippen LogP contribution < -0.4 is 10.5 Å². The number of aliphatic hydroxyl groups excluding tert-OH is 1. The number of hydrogen-bond acceptors (Lipinski definition) is 6. The maximum Gasteiger partial charge on any atom is 0.258 e. The third kappa shape index (κ3) is 4.50. The van der Waals surface area contributed by atoms with Crippen LogP contribution in [0.2, 0.25) is 0 Å². The fourth-order valence-corrected chi connectivity index (χ4v) is 4.19. The molecular formula is C22H23IN4O3. The second-order valence-electron chi connectivity index (χ2n) is 7.23. The van der Waals surface area contributed by atoms with Gasteiger partial charge in [-0.1, -0.05) is 0 Å². The molecule has 3 aromatic rings. The number of hydrogen-bond donors (Lipinski definition) is 3. The van der Waals surface area contributed by atoms with Gasteiger partial charge in [0.15, 0.2) is 0 Å². The average Bonchev–Trinajstić information content (AvgIpc) is 2.74. The molecule has 8 heteroatoms. The van der Waals surface area contributed by atoms with Crippen LogP contribution in [0.15, 0.2) is 52.3 Å². The Kier molecular flexibility index (Phi) is 6.35. The predicted molar refractivity (Wildman–Crippen MR) is 128 cm³/mol. The van der Waals surface area contributed by atoms with Crippen LogP contribution in [0.25, 0.3) is 10.8 Å². The van der Waals surface area contributed by atoms with Gasteiger partial charge in [-0.2, -0.15) is 0 Å². The first-order valence-electron chi connectivity index (χ1n) is 9.82. The van der Waals surface area contributed by atoms with Crippen molar-refractivity contribution in [2.75, 3.05) is 44.2 Å². The highest BCUT2D eigenvalue weighted by Gasteiger charge is 2.16. The van der Waals surface area contributed by atoms with Gasteiger partial charge in [-0.3, -0.25) is 19.7 Å². The van der Waals surface area contributed by atoms with Gasteiger partial charge in [-0.05, 0) is 65.1 Å².